The first kappa shape index (κ1) is 12.0. The molecule has 92 valence electrons. The van der Waals surface area contributed by atoms with Crippen LogP contribution in [-0.4, -0.2) is 21.4 Å². The molecule has 0 aromatic heterocycles. The molecule has 0 unspecified atom stereocenters. The van der Waals surface area contributed by atoms with Crippen molar-refractivity contribution in [2.24, 2.45) is 0 Å². The Balaban J connectivity index is 2.81. The number of carboxylic acids is 1. The fraction of sp³-hybridized carbons (Fsp3) is 0.154. The minimum absolute atomic E-state index is 0.0439. The Morgan fingerprint density at radius 3 is 2.50 bits per heavy atom. The van der Waals surface area contributed by atoms with Gasteiger partial charge in [-0.05, 0) is 13.0 Å². The second kappa shape index (κ2) is 4.44. The molecule has 0 spiro atoms. The van der Waals surface area contributed by atoms with Crippen molar-refractivity contribution >= 4 is 11.8 Å². The minimum Gasteiger partial charge on any atom is -0.480 e. The molecule has 0 aromatic carbocycles. The summed E-state index contributed by atoms with van der Waals surface area (Å²) in [5.41, 5.74) is 0.435. The van der Waals surface area contributed by atoms with Gasteiger partial charge in [-0.2, -0.15) is 0 Å². The topological polar surface area (TPSA) is 76.4 Å². The lowest BCUT2D eigenvalue weighted by Gasteiger charge is -2.00. The first-order valence-corrected chi connectivity index (χ1v) is 5.36. The lowest BCUT2D eigenvalue weighted by atomic mass is 10.1. The van der Waals surface area contributed by atoms with E-state index in [0.29, 0.717) is 11.3 Å². The largest absolute Gasteiger partial charge is 0.480 e. The molecule has 18 heavy (non-hydrogen) atoms. The SMILES string of the molecule is CC(=O)c1c2cccccc-2n(CC(=O)O)c1=O. The van der Waals surface area contributed by atoms with Gasteiger partial charge >= 0.3 is 5.97 Å². The maximum atomic E-state index is 12.0. The summed E-state index contributed by atoms with van der Waals surface area (Å²) in [7, 11) is 0. The lowest BCUT2D eigenvalue weighted by molar-refractivity contribution is -0.137. The number of ketones is 1. The fourth-order valence-electron chi connectivity index (χ4n) is 1.98. The minimum atomic E-state index is -1.12. The van der Waals surface area contributed by atoms with Crippen LogP contribution in [0.4, 0.5) is 0 Å². The van der Waals surface area contributed by atoms with Gasteiger partial charge in [-0.1, -0.05) is 24.3 Å². The van der Waals surface area contributed by atoms with Crippen LogP contribution in [0.2, 0.25) is 0 Å². The van der Waals surface area contributed by atoms with Crippen molar-refractivity contribution in [2.75, 3.05) is 0 Å². The molecule has 0 bridgehead atoms. The highest BCUT2D eigenvalue weighted by Gasteiger charge is 2.23. The van der Waals surface area contributed by atoms with Gasteiger partial charge < -0.3 is 5.11 Å². The second-order valence-corrected chi connectivity index (χ2v) is 3.93. The van der Waals surface area contributed by atoms with E-state index in [1.54, 1.807) is 30.3 Å². The molecule has 2 aliphatic rings. The van der Waals surface area contributed by atoms with Crippen LogP contribution in [0.5, 0.6) is 0 Å². The van der Waals surface area contributed by atoms with Crippen LogP contribution in [0.25, 0.3) is 11.3 Å². The molecule has 5 heteroatoms. The van der Waals surface area contributed by atoms with Crippen LogP contribution >= 0.6 is 0 Å². The molecular weight excluding hydrogens is 234 g/mol. The Labute approximate surface area is 103 Å². The zero-order valence-electron chi connectivity index (χ0n) is 9.71. The molecule has 1 aliphatic heterocycles. The summed E-state index contributed by atoms with van der Waals surface area (Å²) in [6, 6.07) is 8.43. The maximum absolute atomic E-state index is 12.0. The Hall–Kier alpha value is -2.43. The molecule has 0 saturated heterocycles. The molecule has 0 aromatic rings. The Morgan fingerprint density at radius 2 is 1.89 bits per heavy atom. The summed E-state index contributed by atoms with van der Waals surface area (Å²) >= 11 is 0. The van der Waals surface area contributed by atoms with E-state index in [-0.39, 0.29) is 11.3 Å². The van der Waals surface area contributed by atoms with E-state index in [1.807, 2.05) is 0 Å². The van der Waals surface area contributed by atoms with Crippen molar-refractivity contribution in [1.82, 2.24) is 4.57 Å². The smallest absolute Gasteiger partial charge is 0.323 e. The number of aliphatic carboxylic acids is 1. The van der Waals surface area contributed by atoms with Gasteiger partial charge in [0.25, 0.3) is 5.56 Å². The molecule has 2 rings (SSSR count). The van der Waals surface area contributed by atoms with Crippen LogP contribution in [0.1, 0.15) is 17.3 Å². The fourth-order valence-corrected chi connectivity index (χ4v) is 1.98. The van der Waals surface area contributed by atoms with E-state index in [2.05, 4.69) is 0 Å². The zero-order chi connectivity index (χ0) is 13.3. The molecular formula is C13H11NO4. The molecule has 0 atom stereocenters. The van der Waals surface area contributed by atoms with E-state index in [0.717, 1.165) is 4.57 Å². The molecule has 1 aliphatic carbocycles. The van der Waals surface area contributed by atoms with Crippen LogP contribution in [0, 0.1) is 0 Å². The van der Waals surface area contributed by atoms with Gasteiger partial charge in [0.1, 0.15) is 6.54 Å². The monoisotopic (exact) mass is 245 g/mol. The summed E-state index contributed by atoms with van der Waals surface area (Å²) in [6.45, 7) is 0.848. The van der Waals surface area contributed by atoms with Crippen molar-refractivity contribution in [3.8, 4) is 11.3 Å². The number of hydrogen-bond donors (Lipinski definition) is 1. The van der Waals surface area contributed by atoms with Crippen molar-refractivity contribution in [3.05, 3.63) is 46.2 Å². The van der Waals surface area contributed by atoms with Crippen LogP contribution in [0.3, 0.4) is 0 Å². The number of carboxylic acid groups (broad SMARTS) is 1. The predicted octanol–water partition coefficient (Wildman–Crippen LogP) is 1.24. The number of carbonyl (C=O) groups is 2. The first-order valence-electron chi connectivity index (χ1n) is 5.36. The number of aromatic nitrogens is 1. The number of carbonyl (C=O) groups excluding carboxylic acids is 1. The summed E-state index contributed by atoms with van der Waals surface area (Å²) in [5, 5.41) is 8.82. The van der Waals surface area contributed by atoms with Gasteiger partial charge in [-0.3, -0.25) is 19.0 Å². The van der Waals surface area contributed by atoms with E-state index >= 15 is 0 Å². The maximum Gasteiger partial charge on any atom is 0.323 e. The molecule has 0 radical (unpaired) electrons. The van der Waals surface area contributed by atoms with E-state index in [9.17, 15) is 14.4 Å². The van der Waals surface area contributed by atoms with Gasteiger partial charge in [0, 0.05) is 5.56 Å². The van der Waals surface area contributed by atoms with Gasteiger partial charge in [0.05, 0.1) is 11.3 Å². The summed E-state index contributed by atoms with van der Waals surface area (Å²) in [4.78, 5) is 34.3. The van der Waals surface area contributed by atoms with E-state index < -0.39 is 18.1 Å². The summed E-state index contributed by atoms with van der Waals surface area (Å²) in [5.74, 6) is -1.48. The zero-order valence-corrected chi connectivity index (χ0v) is 9.71. The van der Waals surface area contributed by atoms with Crippen LogP contribution in [0.15, 0.2) is 35.1 Å². The number of hydrogen-bond acceptors (Lipinski definition) is 3. The van der Waals surface area contributed by atoms with Gasteiger partial charge in [-0.25, -0.2) is 0 Å². The Kier molecular flexibility index (Phi) is 2.97. The highest BCUT2D eigenvalue weighted by molar-refractivity contribution is 6.01. The van der Waals surface area contributed by atoms with Crippen molar-refractivity contribution in [1.29, 1.82) is 0 Å². The van der Waals surface area contributed by atoms with E-state index in [4.69, 9.17) is 5.11 Å². The number of fused-ring (bicyclic) bond motifs is 1. The second-order valence-electron chi connectivity index (χ2n) is 3.93. The molecule has 0 amide bonds. The molecule has 0 saturated carbocycles. The van der Waals surface area contributed by atoms with Crippen molar-refractivity contribution < 1.29 is 14.7 Å². The average Bonchev–Trinajstić information content (AvgIpc) is 2.46. The highest BCUT2D eigenvalue weighted by Crippen LogP contribution is 2.23. The lowest BCUT2D eigenvalue weighted by Crippen LogP contribution is -2.23. The van der Waals surface area contributed by atoms with Gasteiger partial charge in [-0.15, -0.1) is 0 Å². The van der Waals surface area contributed by atoms with E-state index in [1.165, 1.54) is 6.92 Å². The van der Waals surface area contributed by atoms with Crippen molar-refractivity contribution in [3.63, 3.8) is 0 Å². The van der Waals surface area contributed by atoms with Gasteiger partial charge in [0.15, 0.2) is 5.78 Å². The summed E-state index contributed by atoms with van der Waals surface area (Å²) < 4.78 is 1.11. The molecule has 1 N–H and O–H groups in total. The highest BCUT2D eigenvalue weighted by atomic mass is 16.4. The van der Waals surface area contributed by atoms with Crippen molar-refractivity contribution in [2.45, 2.75) is 13.5 Å². The number of rotatable bonds is 3. The van der Waals surface area contributed by atoms with Crippen LogP contribution in [-0.2, 0) is 11.3 Å². The molecule has 1 heterocycles. The Bertz CT molecular complexity index is 657. The Morgan fingerprint density at radius 1 is 1.22 bits per heavy atom. The average molecular weight is 245 g/mol. The van der Waals surface area contributed by atoms with Crippen LogP contribution < -0.4 is 5.56 Å². The molecule has 5 nitrogen and oxygen atoms in total. The standard InChI is InChI=1S/C13H11NO4/c1-8(15)12-9-5-3-2-4-6-10(9)14(13(12)18)7-11(16)17/h2-6H,7H2,1H3,(H,16,17). The van der Waals surface area contributed by atoms with Gasteiger partial charge in [0.2, 0.25) is 0 Å². The quantitative estimate of drug-likeness (QED) is 0.825. The third-order valence-corrected chi connectivity index (χ3v) is 2.68. The predicted molar refractivity (Wildman–Crippen MR) is 65.0 cm³/mol. The third-order valence-electron chi connectivity index (χ3n) is 2.68. The molecule has 0 fully saturated rings. The third kappa shape index (κ3) is 1.90. The summed E-state index contributed by atoms with van der Waals surface area (Å²) in [6.07, 6.45) is 0. The number of nitrogens with zero attached hydrogens (tertiary/aromatic N) is 1. The normalized spacial score (nSPS) is 10.5. The first-order chi connectivity index (χ1) is 8.52. The number of Topliss-reactive ketones (excluding diaryl/α,β-unsaturated/α-hetero) is 1.